The second kappa shape index (κ2) is 9.99. The van der Waals surface area contributed by atoms with E-state index in [-0.39, 0.29) is 5.91 Å². The van der Waals surface area contributed by atoms with Gasteiger partial charge in [-0.25, -0.2) is 4.98 Å². The monoisotopic (exact) mass is 507 g/mol. The predicted molar refractivity (Wildman–Crippen MR) is 154 cm³/mol. The van der Waals surface area contributed by atoms with Crippen LogP contribution < -0.4 is 15.4 Å². The fourth-order valence-electron chi connectivity index (χ4n) is 5.49. The van der Waals surface area contributed by atoms with Gasteiger partial charge in [-0.05, 0) is 62.2 Å². The summed E-state index contributed by atoms with van der Waals surface area (Å²) in [5, 5.41) is 6.81. The third-order valence-electron chi connectivity index (χ3n) is 7.69. The summed E-state index contributed by atoms with van der Waals surface area (Å²) in [6.07, 6.45) is 2.23. The number of aromatic nitrogens is 2. The minimum absolute atomic E-state index is 0.123. The molecule has 0 bridgehead atoms. The minimum atomic E-state index is -0.123. The second-order valence-corrected chi connectivity index (χ2v) is 10.2. The number of carbonyl (C=O) groups is 1. The molecule has 7 nitrogen and oxygen atoms in total. The Morgan fingerprint density at radius 3 is 2.61 bits per heavy atom. The maximum Gasteiger partial charge on any atom is 0.257 e. The number of fused-ring (bicyclic) bond motifs is 2. The lowest BCUT2D eigenvalue weighted by atomic mass is 9.94. The van der Waals surface area contributed by atoms with Crippen LogP contribution in [0.3, 0.4) is 0 Å². The Kier molecular flexibility index (Phi) is 6.37. The van der Waals surface area contributed by atoms with Crippen molar-refractivity contribution in [1.82, 2.24) is 14.9 Å². The zero-order valence-corrected chi connectivity index (χ0v) is 22.1. The van der Waals surface area contributed by atoms with Crippen LogP contribution in [0.25, 0.3) is 22.2 Å². The molecule has 2 aliphatic heterocycles. The molecule has 0 spiro atoms. The van der Waals surface area contributed by atoms with Crippen LogP contribution in [0.2, 0.25) is 0 Å². The number of hydrogen-bond donors (Lipinski definition) is 3. The summed E-state index contributed by atoms with van der Waals surface area (Å²) in [5.74, 6) is 1.27. The Balaban J connectivity index is 1.45. The fraction of sp³-hybridized carbons (Fsp3) is 0.290. The van der Waals surface area contributed by atoms with Crippen LogP contribution in [0, 0.1) is 6.92 Å². The van der Waals surface area contributed by atoms with Gasteiger partial charge in [-0.3, -0.25) is 4.79 Å². The summed E-state index contributed by atoms with van der Waals surface area (Å²) in [6.45, 7) is 7.60. The largest absolute Gasteiger partial charge is 0.497 e. The van der Waals surface area contributed by atoms with Crippen molar-refractivity contribution >= 4 is 39.5 Å². The summed E-state index contributed by atoms with van der Waals surface area (Å²) < 4.78 is 5.40. The van der Waals surface area contributed by atoms with Gasteiger partial charge in [0, 0.05) is 47.7 Å². The number of rotatable bonds is 6. The van der Waals surface area contributed by atoms with Crippen LogP contribution in [-0.4, -0.2) is 53.6 Å². The number of methoxy groups -OCH3 is 1. The number of imidazole rings is 1. The van der Waals surface area contributed by atoms with Crippen molar-refractivity contribution in [3.8, 4) is 5.75 Å². The van der Waals surface area contributed by atoms with Gasteiger partial charge in [0.1, 0.15) is 11.6 Å². The Bertz CT molecular complexity index is 1530. The smallest absolute Gasteiger partial charge is 0.257 e. The third kappa shape index (κ3) is 4.54. The van der Waals surface area contributed by atoms with E-state index in [2.05, 4.69) is 70.8 Å². The molecule has 2 aliphatic rings. The topological polar surface area (TPSA) is 82.3 Å². The number of amides is 1. The van der Waals surface area contributed by atoms with Crippen molar-refractivity contribution in [2.24, 2.45) is 0 Å². The zero-order valence-electron chi connectivity index (χ0n) is 22.1. The SMILES string of the molecule is CCN1CCC(Nc2ccc3c(c2)/C(=C(\c2ccc(C)cc2)c2nc4cc(OC)ccc4[nH]2)C(=O)N3)CC1. The average molecular weight is 508 g/mol. The molecule has 0 aliphatic carbocycles. The van der Waals surface area contributed by atoms with Crippen LogP contribution in [0.5, 0.6) is 5.75 Å². The second-order valence-electron chi connectivity index (χ2n) is 10.2. The van der Waals surface area contributed by atoms with Gasteiger partial charge in [0.2, 0.25) is 0 Å². The van der Waals surface area contributed by atoms with E-state index in [4.69, 9.17) is 9.72 Å². The van der Waals surface area contributed by atoms with Crippen molar-refractivity contribution < 1.29 is 9.53 Å². The van der Waals surface area contributed by atoms with Gasteiger partial charge < -0.3 is 25.3 Å². The lowest BCUT2D eigenvalue weighted by Crippen LogP contribution is -2.38. The number of nitrogens with one attached hydrogen (secondary N) is 3. The first-order valence-corrected chi connectivity index (χ1v) is 13.3. The number of H-pyrrole nitrogens is 1. The number of aromatic amines is 1. The Morgan fingerprint density at radius 2 is 1.87 bits per heavy atom. The van der Waals surface area contributed by atoms with Crippen LogP contribution in [-0.2, 0) is 4.79 Å². The highest BCUT2D eigenvalue weighted by molar-refractivity contribution is 6.38. The molecule has 0 radical (unpaired) electrons. The van der Waals surface area contributed by atoms with Gasteiger partial charge >= 0.3 is 0 Å². The maximum absolute atomic E-state index is 13.5. The van der Waals surface area contributed by atoms with E-state index in [9.17, 15) is 4.79 Å². The highest BCUT2D eigenvalue weighted by Crippen LogP contribution is 2.41. The number of nitrogens with zero attached hydrogens (tertiary/aromatic N) is 2. The van der Waals surface area contributed by atoms with E-state index in [1.54, 1.807) is 7.11 Å². The third-order valence-corrected chi connectivity index (χ3v) is 7.69. The number of piperidine rings is 1. The molecule has 1 aromatic heterocycles. The molecular weight excluding hydrogens is 474 g/mol. The summed E-state index contributed by atoms with van der Waals surface area (Å²) in [6, 6.07) is 20.6. The predicted octanol–water partition coefficient (Wildman–Crippen LogP) is 5.69. The number of benzene rings is 3. The highest BCUT2D eigenvalue weighted by Gasteiger charge is 2.31. The number of carbonyl (C=O) groups excluding carboxylic acids is 1. The number of aryl methyl sites for hydroxylation is 1. The molecule has 0 atom stereocenters. The van der Waals surface area contributed by atoms with E-state index >= 15 is 0 Å². The Morgan fingerprint density at radius 1 is 1.08 bits per heavy atom. The molecule has 3 aromatic carbocycles. The first kappa shape index (κ1) is 24.2. The van der Waals surface area contributed by atoms with Gasteiger partial charge in [-0.2, -0.15) is 0 Å². The summed E-state index contributed by atoms with van der Waals surface area (Å²) in [5.41, 5.74) is 7.91. The maximum atomic E-state index is 13.5. The number of hydrogen-bond acceptors (Lipinski definition) is 5. The van der Waals surface area contributed by atoms with E-state index in [0.717, 1.165) is 82.9 Å². The molecule has 4 aromatic rings. The molecule has 6 rings (SSSR count). The van der Waals surface area contributed by atoms with E-state index < -0.39 is 0 Å². The quantitative estimate of drug-likeness (QED) is 0.292. The molecule has 1 saturated heterocycles. The van der Waals surface area contributed by atoms with Crippen LogP contribution >= 0.6 is 0 Å². The van der Waals surface area contributed by atoms with E-state index in [0.29, 0.717) is 17.4 Å². The Hall–Kier alpha value is -4.10. The van der Waals surface area contributed by atoms with Crippen LogP contribution in [0.15, 0.2) is 60.7 Å². The standard InChI is InChI=1S/C31H33N5O2/c1-4-36-15-13-21(14-16-36)32-22-9-11-25-24(17-22)29(31(37)35-25)28(20-7-5-19(2)6-8-20)30-33-26-12-10-23(38-3)18-27(26)34-30/h5-12,17-18,21,32H,4,13-16H2,1-3H3,(H,33,34)(H,35,37)/b29-28-. The van der Waals surface area contributed by atoms with E-state index in [1.165, 1.54) is 0 Å². The molecule has 0 unspecified atom stereocenters. The fourth-order valence-corrected chi connectivity index (χ4v) is 5.49. The molecule has 1 amide bonds. The van der Waals surface area contributed by atoms with Crippen molar-refractivity contribution in [3.05, 3.63) is 83.2 Å². The van der Waals surface area contributed by atoms with Crippen molar-refractivity contribution in [2.75, 3.05) is 37.4 Å². The molecule has 3 N–H and O–H groups in total. The number of likely N-dealkylation sites (tertiary alicyclic amines) is 1. The molecule has 194 valence electrons. The van der Waals surface area contributed by atoms with Crippen molar-refractivity contribution in [1.29, 1.82) is 0 Å². The summed E-state index contributed by atoms with van der Waals surface area (Å²) in [7, 11) is 1.65. The average Bonchev–Trinajstić information content (AvgIpc) is 3.50. The molecular formula is C31H33N5O2. The van der Waals surface area contributed by atoms with Crippen molar-refractivity contribution in [2.45, 2.75) is 32.7 Å². The highest BCUT2D eigenvalue weighted by atomic mass is 16.5. The van der Waals surface area contributed by atoms with Gasteiger partial charge in [0.05, 0.1) is 23.7 Å². The molecule has 0 saturated carbocycles. The van der Waals surface area contributed by atoms with Gasteiger partial charge in [-0.1, -0.05) is 36.8 Å². The lowest BCUT2D eigenvalue weighted by molar-refractivity contribution is -0.110. The molecule has 1 fully saturated rings. The van der Waals surface area contributed by atoms with Crippen molar-refractivity contribution in [3.63, 3.8) is 0 Å². The lowest BCUT2D eigenvalue weighted by Gasteiger charge is -2.32. The molecule has 3 heterocycles. The molecule has 7 heteroatoms. The first-order chi connectivity index (χ1) is 18.5. The number of ether oxygens (including phenoxy) is 1. The van der Waals surface area contributed by atoms with Gasteiger partial charge in [0.25, 0.3) is 5.91 Å². The first-order valence-electron chi connectivity index (χ1n) is 13.3. The summed E-state index contributed by atoms with van der Waals surface area (Å²) >= 11 is 0. The number of anilines is 2. The summed E-state index contributed by atoms with van der Waals surface area (Å²) in [4.78, 5) is 24.4. The zero-order chi connectivity index (χ0) is 26.2. The minimum Gasteiger partial charge on any atom is -0.497 e. The van der Waals surface area contributed by atoms with E-state index in [1.807, 2.05) is 24.3 Å². The molecule has 38 heavy (non-hydrogen) atoms. The van der Waals surface area contributed by atoms with Gasteiger partial charge in [0.15, 0.2) is 0 Å². The van der Waals surface area contributed by atoms with Crippen LogP contribution in [0.1, 0.15) is 42.3 Å². The van der Waals surface area contributed by atoms with Crippen LogP contribution in [0.4, 0.5) is 11.4 Å². The van der Waals surface area contributed by atoms with Gasteiger partial charge in [-0.15, -0.1) is 0 Å². The Labute approximate surface area is 222 Å². The normalized spacial score (nSPS) is 17.4.